The first-order valence-electron chi connectivity index (χ1n) is 8.52. The molecule has 9 heteroatoms. The highest BCUT2D eigenvalue weighted by Gasteiger charge is 2.30. The predicted octanol–water partition coefficient (Wildman–Crippen LogP) is 2.82. The van der Waals surface area contributed by atoms with Gasteiger partial charge in [-0.05, 0) is 31.0 Å². The minimum atomic E-state index is -0.492. The molecule has 0 saturated carbocycles. The highest BCUT2D eigenvalue weighted by molar-refractivity contribution is 9.10. The number of piperidine rings is 1. The van der Waals surface area contributed by atoms with E-state index >= 15 is 0 Å². The van der Waals surface area contributed by atoms with Crippen LogP contribution in [0.4, 0.5) is 10.1 Å². The van der Waals surface area contributed by atoms with Crippen molar-refractivity contribution >= 4 is 33.4 Å². The van der Waals surface area contributed by atoms with Crippen LogP contribution in [0.5, 0.6) is 5.88 Å². The maximum absolute atomic E-state index is 13.9. The molecule has 0 radical (unpaired) electrons. The third-order valence-corrected chi connectivity index (χ3v) is 5.05. The first-order valence-corrected chi connectivity index (χ1v) is 9.31. The Morgan fingerprint density at radius 1 is 1.33 bits per heavy atom. The zero-order chi connectivity index (χ0) is 19.6. The van der Waals surface area contributed by atoms with E-state index in [9.17, 15) is 14.0 Å². The van der Waals surface area contributed by atoms with Gasteiger partial charge in [-0.3, -0.25) is 14.3 Å². The summed E-state index contributed by atoms with van der Waals surface area (Å²) in [5.41, 5.74) is 0.557. The standard InChI is InChI=1S/C18H20BrFN4O3/c1-23-10-13(17(22-23)27-2)18(26)24-7-5-11(6-8-24)16(25)21-15-4-3-12(19)9-14(15)20/h3-4,9-11H,5-8H2,1-2H3,(H,21,25). The first kappa shape index (κ1) is 19.3. The maximum atomic E-state index is 13.9. The monoisotopic (exact) mass is 438 g/mol. The Bertz CT molecular complexity index is 862. The zero-order valence-electron chi connectivity index (χ0n) is 15.0. The normalized spacial score (nSPS) is 14.9. The second-order valence-corrected chi connectivity index (χ2v) is 7.32. The Morgan fingerprint density at radius 2 is 2.04 bits per heavy atom. The minimum absolute atomic E-state index is 0.154. The summed E-state index contributed by atoms with van der Waals surface area (Å²) in [6, 6.07) is 4.49. The number of carbonyl (C=O) groups excluding carboxylic acids is 2. The lowest BCUT2D eigenvalue weighted by Crippen LogP contribution is -2.41. The predicted molar refractivity (Wildman–Crippen MR) is 101 cm³/mol. The fraction of sp³-hybridized carbons (Fsp3) is 0.389. The molecular weight excluding hydrogens is 419 g/mol. The fourth-order valence-corrected chi connectivity index (χ4v) is 3.44. The largest absolute Gasteiger partial charge is 0.479 e. The van der Waals surface area contributed by atoms with E-state index in [-0.39, 0.29) is 29.3 Å². The molecule has 0 aliphatic carbocycles. The second-order valence-electron chi connectivity index (χ2n) is 6.41. The fourth-order valence-electron chi connectivity index (χ4n) is 3.11. The third kappa shape index (κ3) is 4.29. The summed E-state index contributed by atoms with van der Waals surface area (Å²) in [6.45, 7) is 0.885. The number of nitrogens with zero attached hydrogens (tertiary/aromatic N) is 3. The van der Waals surface area contributed by atoms with Crippen molar-refractivity contribution in [1.29, 1.82) is 0 Å². The van der Waals surface area contributed by atoms with E-state index in [2.05, 4.69) is 26.3 Å². The second kappa shape index (κ2) is 8.08. The van der Waals surface area contributed by atoms with E-state index in [1.165, 1.54) is 23.9 Å². The summed E-state index contributed by atoms with van der Waals surface area (Å²) < 4.78 is 21.2. The Labute approximate surface area is 164 Å². The van der Waals surface area contributed by atoms with Crippen molar-refractivity contribution in [3.8, 4) is 5.88 Å². The molecule has 7 nitrogen and oxygen atoms in total. The van der Waals surface area contributed by atoms with Crippen molar-refractivity contribution in [2.45, 2.75) is 12.8 Å². The number of nitrogens with one attached hydrogen (secondary N) is 1. The lowest BCUT2D eigenvalue weighted by atomic mass is 9.95. The van der Waals surface area contributed by atoms with Gasteiger partial charge in [0.25, 0.3) is 5.91 Å². The van der Waals surface area contributed by atoms with Gasteiger partial charge in [-0.25, -0.2) is 4.39 Å². The smallest absolute Gasteiger partial charge is 0.260 e. The van der Waals surface area contributed by atoms with E-state index in [0.717, 1.165) is 0 Å². The van der Waals surface area contributed by atoms with E-state index in [1.807, 2.05) is 0 Å². The van der Waals surface area contributed by atoms with Gasteiger partial charge in [0.05, 0.1) is 12.8 Å². The zero-order valence-corrected chi connectivity index (χ0v) is 16.6. The van der Waals surface area contributed by atoms with Crippen molar-refractivity contribution in [1.82, 2.24) is 14.7 Å². The van der Waals surface area contributed by atoms with E-state index < -0.39 is 5.82 Å². The van der Waals surface area contributed by atoms with Crippen LogP contribution in [0.25, 0.3) is 0 Å². The van der Waals surface area contributed by atoms with Gasteiger partial charge in [0, 0.05) is 36.7 Å². The number of hydrogen-bond acceptors (Lipinski definition) is 4. The van der Waals surface area contributed by atoms with Gasteiger partial charge in [-0.1, -0.05) is 15.9 Å². The number of rotatable bonds is 4. The Hall–Kier alpha value is -2.42. The molecule has 2 heterocycles. The van der Waals surface area contributed by atoms with Crippen molar-refractivity contribution in [2.24, 2.45) is 13.0 Å². The third-order valence-electron chi connectivity index (χ3n) is 4.56. The lowest BCUT2D eigenvalue weighted by Gasteiger charge is -2.31. The van der Waals surface area contributed by atoms with Crippen molar-refractivity contribution in [3.05, 3.63) is 40.2 Å². The van der Waals surface area contributed by atoms with Crippen LogP contribution in [0.1, 0.15) is 23.2 Å². The molecule has 1 N–H and O–H groups in total. The van der Waals surface area contributed by atoms with Crippen molar-refractivity contribution < 1.29 is 18.7 Å². The highest BCUT2D eigenvalue weighted by Crippen LogP contribution is 2.25. The lowest BCUT2D eigenvalue weighted by molar-refractivity contribution is -0.121. The molecule has 1 aliphatic heterocycles. The van der Waals surface area contributed by atoms with E-state index in [0.29, 0.717) is 36.0 Å². The van der Waals surface area contributed by atoms with Gasteiger partial charge < -0.3 is 15.0 Å². The van der Waals surface area contributed by atoms with Crippen molar-refractivity contribution in [3.63, 3.8) is 0 Å². The van der Waals surface area contributed by atoms with Crippen LogP contribution in [0.15, 0.2) is 28.9 Å². The molecule has 1 aliphatic rings. The minimum Gasteiger partial charge on any atom is -0.479 e. The summed E-state index contributed by atoms with van der Waals surface area (Å²) in [5, 5.41) is 6.73. The number of ether oxygens (including phenoxy) is 1. The molecular formula is C18H20BrFN4O3. The van der Waals surface area contributed by atoms with Crippen LogP contribution in [0.3, 0.4) is 0 Å². The molecule has 0 unspecified atom stereocenters. The quantitative estimate of drug-likeness (QED) is 0.795. The van der Waals surface area contributed by atoms with Crippen LogP contribution in [-0.2, 0) is 11.8 Å². The molecule has 0 bridgehead atoms. The van der Waals surface area contributed by atoms with Crippen LogP contribution in [-0.4, -0.2) is 46.7 Å². The molecule has 144 valence electrons. The molecule has 1 aromatic heterocycles. The first-order chi connectivity index (χ1) is 12.9. The average Bonchev–Trinajstić information content (AvgIpc) is 3.04. The van der Waals surface area contributed by atoms with Crippen LogP contribution in [0, 0.1) is 11.7 Å². The van der Waals surface area contributed by atoms with Gasteiger partial charge in [0.1, 0.15) is 11.4 Å². The summed E-state index contributed by atoms with van der Waals surface area (Å²) in [4.78, 5) is 26.8. The number of aromatic nitrogens is 2. The number of amides is 2. The van der Waals surface area contributed by atoms with Gasteiger partial charge in [-0.2, -0.15) is 0 Å². The van der Waals surface area contributed by atoms with E-state index in [4.69, 9.17) is 4.74 Å². The van der Waals surface area contributed by atoms with Crippen molar-refractivity contribution in [2.75, 3.05) is 25.5 Å². The van der Waals surface area contributed by atoms with E-state index in [1.54, 1.807) is 24.2 Å². The molecule has 3 rings (SSSR count). The molecule has 1 fully saturated rings. The van der Waals surface area contributed by atoms with Gasteiger partial charge >= 0.3 is 0 Å². The maximum Gasteiger partial charge on any atom is 0.260 e. The van der Waals surface area contributed by atoms with Crippen LogP contribution < -0.4 is 10.1 Å². The average molecular weight is 439 g/mol. The molecule has 0 spiro atoms. The summed E-state index contributed by atoms with van der Waals surface area (Å²) in [7, 11) is 3.19. The summed E-state index contributed by atoms with van der Waals surface area (Å²) in [6.07, 6.45) is 2.65. The Balaban J connectivity index is 1.59. The molecule has 2 aromatic rings. The highest BCUT2D eigenvalue weighted by atomic mass is 79.9. The number of anilines is 1. The SMILES string of the molecule is COc1nn(C)cc1C(=O)N1CCC(C(=O)Nc2ccc(Br)cc2F)CC1. The summed E-state index contributed by atoms with van der Waals surface area (Å²) >= 11 is 3.19. The molecule has 0 atom stereocenters. The summed E-state index contributed by atoms with van der Waals surface area (Å²) in [5.74, 6) is -0.880. The number of methoxy groups -OCH3 is 1. The molecule has 1 aromatic carbocycles. The Kier molecular flexibility index (Phi) is 5.79. The number of aryl methyl sites for hydroxylation is 1. The topological polar surface area (TPSA) is 76.5 Å². The number of likely N-dealkylation sites (tertiary alicyclic amines) is 1. The molecule has 1 saturated heterocycles. The number of benzene rings is 1. The number of halogens is 2. The molecule has 27 heavy (non-hydrogen) atoms. The van der Waals surface area contributed by atoms with Gasteiger partial charge in [0.2, 0.25) is 11.8 Å². The van der Waals surface area contributed by atoms with Gasteiger partial charge in [0.15, 0.2) is 0 Å². The number of carbonyl (C=O) groups is 2. The van der Waals surface area contributed by atoms with Crippen LogP contribution in [0.2, 0.25) is 0 Å². The van der Waals surface area contributed by atoms with Gasteiger partial charge in [-0.15, -0.1) is 5.10 Å². The molecule has 2 amide bonds. The Morgan fingerprint density at radius 3 is 2.67 bits per heavy atom. The number of hydrogen-bond donors (Lipinski definition) is 1. The van der Waals surface area contributed by atoms with Crippen LogP contribution >= 0.6 is 15.9 Å².